The molecule has 0 bridgehead atoms. The zero-order valence-corrected chi connectivity index (χ0v) is 14.0. The molecule has 0 aliphatic carbocycles. The first-order valence-electron chi connectivity index (χ1n) is 8.29. The largest absolute Gasteiger partial charge is 0.450 e. The molecule has 0 saturated carbocycles. The molecular formula is C15H26N4O4. The smallest absolute Gasteiger partial charge is 0.409 e. The Balaban J connectivity index is 1.80. The van der Waals surface area contributed by atoms with E-state index in [-0.39, 0.29) is 6.09 Å². The molecule has 0 N–H and O–H groups in total. The standard InChI is InChI=1S/C15H26N4O4/c1-3-16-5-7-17(8-6-16)13(20)14(21)18-9-11-19(12-10-18)15(22)23-4-2/h3-12H2,1-2H3. The van der Waals surface area contributed by atoms with Crippen LogP contribution in [0.25, 0.3) is 0 Å². The van der Waals surface area contributed by atoms with E-state index < -0.39 is 11.8 Å². The number of rotatable bonds is 2. The molecule has 0 spiro atoms. The second-order valence-corrected chi connectivity index (χ2v) is 5.70. The number of nitrogens with zero attached hydrogens (tertiary/aromatic N) is 4. The fourth-order valence-corrected chi connectivity index (χ4v) is 2.84. The molecule has 0 aromatic carbocycles. The SMILES string of the molecule is CCOC(=O)N1CCN(C(=O)C(=O)N2CCN(CC)CC2)CC1. The van der Waals surface area contributed by atoms with Gasteiger partial charge < -0.3 is 24.3 Å². The lowest BCUT2D eigenvalue weighted by molar-refractivity contribution is -0.153. The van der Waals surface area contributed by atoms with Crippen LogP contribution in [0.2, 0.25) is 0 Å². The lowest BCUT2D eigenvalue weighted by Gasteiger charge is -2.37. The lowest BCUT2D eigenvalue weighted by Crippen LogP contribution is -2.57. The van der Waals surface area contributed by atoms with Gasteiger partial charge in [-0.2, -0.15) is 0 Å². The van der Waals surface area contributed by atoms with Gasteiger partial charge in [-0.25, -0.2) is 4.79 Å². The first-order chi connectivity index (χ1) is 11.1. The molecule has 23 heavy (non-hydrogen) atoms. The average molecular weight is 326 g/mol. The first-order valence-corrected chi connectivity index (χ1v) is 8.29. The maximum atomic E-state index is 12.3. The molecule has 8 heteroatoms. The number of carbonyl (C=O) groups is 3. The molecule has 0 unspecified atom stereocenters. The van der Waals surface area contributed by atoms with E-state index in [0.29, 0.717) is 45.9 Å². The number of likely N-dealkylation sites (N-methyl/N-ethyl adjacent to an activating group) is 1. The van der Waals surface area contributed by atoms with Crippen LogP contribution in [0.1, 0.15) is 13.8 Å². The Bertz CT molecular complexity index is 441. The van der Waals surface area contributed by atoms with Gasteiger partial charge in [-0.3, -0.25) is 9.59 Å². The molecule has 0 aromatic rings. The van der Waals surface area contributed by atoms with Crippen molar-refractivity contribution >= 4 is 17.9 Å². The molecule has 2 rings (SSSR count). The molecule has 2 heterocycles. The van der Waals surface area contributed by atoms with Gasteiger partial charge in [0.15, 0.2) is 0 Å². The van der Waals surface area contributed by atoms with Crippen molar-refractivity contribution in [1.82, 2.24) is 19.6 Å². The highest BCUT2D eigenvalue weighted by Gasteiger charge is 2.32. The number of carbonyl (C=O) groups excluding carboxylic acids is 3. The topological polar surface area (TPSA) is 73.4 Å². The van der Waals surface area contributed by atoms with E-state index in [2.05, 4.69) is 11.8 Å². The van der Waals surface area contributed by atoms with Crippen LogP contribution >= 0.6 is 0 Å². The third-order valence-corrected chi connectivity index (χ3v) is 4.38. The van der Waals surface area contributed by atoms with E-state index >= 15 is 0 Å². The quantitative estimate of drug-likeness (QED) is 0.637. The minimum Gasteiger partial charge on any atom is -0.450 e. The Morgan fingerprint density at radius 1 is 0.739 bits per heavy atom. The van der Waals surface area contributed by atoms with Crippen LogP contribution < -0.4 is 0 Å². The second kappa shape index (κ2) is 8.14. The van der Waals surface area contributed by atoms with E-state index in [1.165, 1.54) is 4.90 Å². The van der Waals surface area contributed by atoms with Gasteiger partial charge in [0.2, 0.25) is 0 Å². The van der Waals surface area contributed by atoms with E-state index in [9.17, 15) is 14.4 Å². The Kier molecular flexibility index (Phi) is 6.20. The minimum atomic E-state index is -0.460. The Hall–Kier alpha value is -1.83. The van der Waals surface area contributed by atoms with E-state index in [1.54, 1.807) is 16.7 Å². The summed E-state index contributed by atoms with van der Waals surface area (Å²) < 4.78 is 4.94. The summed E-state index contributed by atoms with van der Waals surface area (Å²) in [5.74, 6) is -0.885. The molecule has 2 saturated heterocycles. The minimum absolute atomic E-state index is 0.334. The molecule has 3 amide bonds. The van der Waals surface area contributed by atoms with Crippen molar-refractivity contribution in [3.63, 3.8) is 0 Å². The van der Waals surface area contributed by atoms with Crippen LogP contribution in [0, 0.1) is 0 Å². The van der Waals surface area contributed by atoms with Gasteiger partial charge in [-0.05, 0) is 13.5 Å². The molecule has 0 aromatic heterocycles. The van der Waals surface area contributed by atoms with Crippen molar-refractivity contribution in [2.75, 3.05) is 65.5 Å². The molecule has 2 fully saturated rings. The Labute approximate surface area is 136 Å². The normalized spacial score (nSPS) is 19.7. The summed E-state index contributed by atoms with van der Waals surface area (Å²) in [4.78, 5) is 43.3. The first kappa shape index (κ1) is 17.5. The van der Waals surface area contributed by atoms with Gasteiger partial charge in [-0.1, -0.05) is 6.92 Å². The summed E-state index contributed by atoms with van der Waals surface area (Å²) in [5.41, 5.74) is 0. The van der Waals surface area contributed by atoms with Crippen molar-refractivity contribution in [3.05, 3.63) is 0 Å². The summed E-state index contributed by atoms with van der Waals surface area (Å²) in [6.07, 6.45) is -0.360. The molecule has 2 aliphatic heterocycles. The summed E-state index contributed by atoms with van der Waals surface area (Å²) in [5, 5.41) is 0. The number of piperazine rings is 2. The maximum Gasteiger partial charge on any atom is 0.409 e. The van der Waals surface area contributed by atoms with Crippen molar-refractivity contribution in [1.29, 1.82) is 0 Å². The Morgan fingerprint density at radius 2 is 1.17 bits per heavy atom. The van der Waals surface area contributed by atoms with Crippen LogP contribution in [-0.4, -0.2) is 103 Å². The van der Waals surface area contributed by atoms with Gasteiger partial charge >= 0.3 is 17.9 Å². The van der Waals surface area contributed by atoms with Crippen LogP contribution in [-0.2, 0) is 14.3 Å². The zero-order chi connectivity index (χ0) is 16.8. The summed E-state index contributed by atoms with van der Waals surface area (Å²) in [6.45, 7) is 9.52. The predicted octanol–water partition coefficient (Wildman–Crippen LogP) is -0.549. The number of amides is 3. The molecule has 0 radical (unpaired) electrons. The lowest BCUT2D eigenvalue weighted by atomic mass is 10.2. The summed E-state index contributed by atoms with van der Waals surface area (Å²) in [7, 11) is 0. The average Bonchev–Trinajstić information content (AvgIpc) is 2.61. The van der Waals surface area contributed by atoms with Gasteiger partial charge in [0.25, 0.3) is 0 Å². The van der Waals surface area contributed by atoms with Gasteiger partial charge in [0.1, 0.15) is 0 Å². The Morgan fingerprint density at radius 3 is 1.61 bits per heavy atom. The number of hydrogen-bond acceptors (Lipinski definition) is 5. The number of hydrogen-bond donors (Lipinski definition) is 0. The highest BCUT2D eigenvalue weighted by molar-refractivity contribution is 6.34. The fraction of sp³-hybridized carbons (Fsp3) is 0.800. The number of ether oxygens (including phenoxy) is 1. The molecule has 130 valence electrons. The van der Waals surface area contributed by atoms with Gasteiger partial charge in [0.05, 0.1) is 6.61 Å². The van der Waals surface area contributed by atoms with Crippen LogP contribution in [0.15, 0.2) is 0 Å². The zero-order valence-electron chi connectivity index (χ0n) is 14.0. The monoisotopic (exact) mass is 326 g/mol. The van der Waals surface area contributed by atoms with Gasteiger partial charge in [0, 0.05) is 52.4 Å². The van der Waals surface area contributed by atoms with Crippen molar-refractivity contribution < 1.29 is 19.1 Å². The van der Waals surface area contributed by atoms with Crippen LogP contribution in [0.5, 0.6) is 0 Å². The van der Waals surface area contributed by atoms with Gasteiger partial charge in [-0.15, -0.1) is 0 Å². The third-order valence-electron chi connectivity index (χ3n) is 4.38. The molecule has 0 atom stereocenters. The maximum absolute atomic E-state index is 12.3. The molecule has 2 aliphatic rings. The predicted molar refractivity (Wildman–Crippen MR) is 83.9 cm³/mol. The highest BCUT2D eigenvalue weighted by atomic mass is 16.6. The van der Waals surface area contributed by atoms with Crippen molar-refractivity contribution in [2.45, 2.75) is 13.8 Å². The highest BCUT2D eigenvalue weighted by Crippen LogP contribution is 2.08. The fourth-order valence-electron chi connectivity index (χ4n) is 2.84. The van der Waals surface area contributed by atoms with Crippen molar-refractivity contribution in [3.8, 4) is 0 Å². The van der Waals surface area contributed by atoms with Crippen molar-refractivity contribution in [2.24, 2.45) is 0 Å². The molecule has 8 nitrogen and oxygen atoms in total. The van der Waals surface area contributed by atoms with Crippen LogP contribution in [0.3, 0.4) is 0 Å². The molecular weight excluding hydrogens is 300 g/mol. The van der Waals surface area contributed by atoms with E-state index in [4.69, 9.17) is 4.74 Å². The van der Waals surface area contributed by atoms with E-state index in [0.717, 1.165) is 19.6 Å². The van der Waals surface area contributed by atoms with Crippen LogP contribution in [0.4, 0.5) is 4.79 Å². The summed E-state index contributed by atoms with van der Waals surface area (Å²) in [6, 6.07) is 0. The van der Waals surface area contributed by atoms with E-state index in [1.807, 2.05) is 0 Å². The third kappa shape index (κ3) is 4.34. The second-order valence-electron chi connectivity index (χ2n) is 5.70. The summed E-state index contributed by atoms with van der Waals surface area (Å²) >= 11 is 0.